The van der Waals surface area contributed by atoms with Crippen LogP contribution >= 0.6 is 0 Å². The van der Waals surface area contributed by atoms with E-state index in [1.165, 1.54) is 0 Å². The predicted octanol–water partition coefficient (Wildman–Crippen LogP) is 2.24. The lowest BCUT2D eigenvalue weighted by molar-refractivity contribution is 0.0946. The van der Waals surface area contributed by atoms with E-state index in [9.17, 15) is 9.59 Å². The van der Waals surface area contributed by atoms with Crippen LogP contribution in [0.1, 0.15) is 30.6 Å². The lowest BCUT2D eigenvalue weighted by Crippen LogP contribution is -2.34. The number of amides is 1. The second-order valence-electron chi connectivity index (χ2n) is 7.12. The molecule has 1 aliphatic heterocycles. The van der Waals surface area contributed by atoms with E-state index >= 15 is 0 Å². The summed E-state index contributed by atoms with van der Waals surface area (Å²) >= 11 is 0. The van der Waals surface area contributed by atoms with Gasteiger partial charge in [0, 0.05) is 25.2 Å². The van der Waals surface area contributed by atoms with Gasteiger partial charge in [0.2, 0.25) is 0 Å². The summed E-state index contributed by atoms with van der Waals surface area (Å²) in [5.74, 6) is 0.839. The molecule has 0 aliphatic carbocycles. The van der Waals surface area contributed by atoms with E-state index in [4.69, 9.17) is 0 Å². The quantitative estimate of drug-likeness (QED) is 0.885. The van der Waals surface area contributed by atoms with Crippen LogP contribution in [0.25, 0.3) is 10.9 Å². The Kier molecular flexibility index (Phi) is 5.00. The first-order valence-electron chi connectivity index (χ1n) is 8.65. The Morgan fingerprint density at radius 2 is 2.17 bits per heavy atom. The molecule has 2 N–H and O–H groups in total. The number of aromatic amines is 1. The van der Waals surface area contributed by atoms with Crippen LogP contribution in [0.4, 0.5) is 0 Å². The van der Waals surface area contributed by atoms with Crippen LogP contribution in [0, 0.1) is 11.8 Å². The van der Waals surface area contributed by atoms with E-state index < -0.39 is 0 Å². The number of fused-ring (bicyclic) bond motifs is 1. The highest BCUT2D eigenvalue weighted by atomic mass is 16.2. The van der Waals surface area contributed by atoms with E-state index in [2.05, 4.69) is 29.0 Å². The molecule has 2 aromatic rings. The maximum atomic E-state index is 12.4. The molecule has 3 rings (SSSR count). The maximum absolute atomic E-state index is 12.4. The molecule has 1 unspecified atom stereocenters. The van der Waals surface area contributed by atoms with E-state index in [1.54, 1.807) is 6.07 Å². The van der Waals surface area contributed by atoms with Gasteiger partial charge < -0.3 is 15.2 Å². The number of benzene rings is 1. The molecule has 1 saturated heterocycles. The Morgan fingerprint density at radius 3 is 2.96 bits per heavy atom. The fourth-order valence-electron chi connectivity index (χ4n) is 3.41. The highest BCUT2D eigenvalue weighted by Gasteiger charge is 2.23. The average Bonchev–Trinajstić information content (AvgIpc) is 2.98. The van der Waals surface area contributed by atoms with Gasteiger partial charge in [-0.25, -0.2) is 0 Å². The lowest BCUT2D eigenvalue weighted by Gasteiger charge is -2.18. The van der Waals surface area contributed by atoms with Crippen LogP contribution in [-0.4, -0.2) is 42.0 Å². The van der Waals surface area contributed by atoms with Crippen molar-refractivity contribution in [3.05, 3.63) is 46.2 Å². The van der Waals surface area contributed by atoms with Gasteiger partial charge in [-0.2, -0.15) is 0 Å². The molecule has 1 aliphatic rings. The van der Waals surface area contributed by atoms with Crippen LogP contribution in [0.3, 0.4) is 0 Å². The van der Waals surface area contributed by atoms with Gasteiger partial charge in [-0.15, -0.1) is 0 Å². The minimum atomic E-state index is -0.334. The van der Waals surface area contributed by atoms with Gasteiger partial charge in [-0.1, -0.05) is 32.0 Å². The third kappa shape index (κ3) is 3.85. The van der Waals surface area contributed by atoms with Gasteiger partial charge in [-0.3, -0.25) is 9.59 Å². The summed E-state index contributed by atoms with van der Waals surface area (Å²) in [7, 11) is 0. The molecule has 2 heterocycles. The smallest absolute Gasteiger partial charge is 0.261 e. The molecule has 0 radical (unpaired) electrons. The number of aromatic nitrogens is 1. The fraction of sp³-hybridized carbons (Fsp3) is 0.474. The summed E-state index contributed by atoms with van der Waals surface area (Å²) in [4.78, 5) is 29.7. The highest BCUT2D eigenvalue weighted by Crippen LogP contribution is 2.17. The Morgan fingerprint density at radius 1 is 1.38 bits per heavy atom. The van der Waals surface area contributed by atoms with Crippen molar-refractivity contribution >= 4 is 16.8 Å². The minimum absolute atomic E-state index is 0.186. The number of pyridine rings is 1. The molecule has 5 heteroatoms. The third-order valence-corrected chi connectivity index (χ3v) is 4.54. The standard InChI is InChI=1S/C19H25N3O2/c1-13(2)11-22-8-7-14(12-22)10-20-18(23)16-9-15-5-3-4-6-17(15)21-19(16)24/h3-6,9,13-14H,7-8,10-12H2,1-2H3,(H,20,23)(H,21,24). The molecule has 1 aromatic heterocycles. The maximum Gasteiger partial charge on any atom is 0.261 e. The average molecular weight is 327 g/mol. The van der Waals surface area contributed by atoms with Crippen molar-refractivity contribution < 1.29 is 4.79 Å². The van der Waals surface area contributed by atoms with Crippen LogP contribution in [-0.2, 0) is 0 Å². The SMILES string of the molecule is CC(C)CN1CCC(CNC(=O)c2cc3ccccc3[nH]c2=O)C1. The van der Waals surface area contributed by atoms with Gasteiger partial charge >= 0.3 is 0 Å². The summed E-state index contributed by atoms with van der Waals surface area (Å²) < 4.78 is 0. The molecule has 1 amide bonds. The number of likely N-dealkylation sites (tertiary alicyclic amines) is 1. The molecule has 24 heavy (non-hydrogen) atoms. The van der Waals surface area contributed by atoms with E-state index in [0.29, 0.717) is 18.4 Å². The van der Waals surface area contributed by atoms with Crippen molar-refractivity contribution in [2.45, 2.75) is 20.3 Å². The number of rotatable bonds is 5. The molecule has 0 saturated carbocycles. The summed E-state index contributed by atoms with van der Waals surface area (Å²) in [6.45, 7) is 8.29. The Balaban J connectivity index is 1.62. The first-order chi connectivity index (χ1) is 11.5. The van der Waals surface area contributed by atoms with E-state index in [0.717, 1.165) is 37.0 Å². The predicted molar refractivity (Wildman–Crippen MR) is 96.3 cm³/mol. The summed E-state index contributed by atoms with van der Waals surface area (Å²) in [5, 5.41) is 3.80. The molecule has 128 valence electrons. The molecule has 5 nitrogen and oxygen atoms in total. The van der Waals surface area contributed by atoms with Crippen molar-refractivity contribution in [3.8, 4) is 0 Å². The summed E-state index contributed by atoms with van der Waals surface area (Å²) in [6.07, 6.45) is 1.10. The van der Waals surface area contributed by atoms with Gasteiger partial charge in [0.1, 0.15) is 5.56 Å². The van der Waals surface area contributed by atoms with E-state index in [-0.39, 0.29) is 17.0 Å². The first-order valence-corrected chi connectivity index (χ1v) is 8.65. The summed E-state index contributed by atoms with van der Waals surface area (Å²) in [6, 6.07) is 9.15. The number of carbonyl (C=O) groups is 1. The molecular formula is C19H25N3O2. The van der Waals surface area contributed by atoms with E-state index in [1.807, 2.05) is 24.3 Å². The van der Waals surface area contributed by atoms with Crippen molar-refractivity contribution in [1.82, 2.24) is 15.2 Å². The van der Waals surface area contributed by atoms with Crippen LogP contribution in [0.5, 0.6) is 0 Å². The summed E-state index contributed by atoms with van der Waals surface area (Å²) in [5.41, 5.74) is 0.601. The Bertz CT molecular complexity index is 782. The van der Waals surface area contributed by atoms with Gasteiger partial charge in [0.25, 0.3) is 11.5 Å². The number of H-pyrrole nitrogens is 1. The topological polar surface area (TPSA) is 65.2 Å². The number of nitrogens with one attached hydrogen (secondary N) is 2. The zero-order chi connectivity index (χ0) is 17.1. The second-order valence-corrected chi connectivity index (χ2v) is 7.12. The molecule has 0 bridgehead atoms. The van der Waals surface area contributed by atoms with Crippen molar-refractivity contribution in [2.24, 2.45) is 11.8 Å². The van der Waals surface area contributed by atoms with Crippen molar-refractivity contribution in [1.29, 1.82) is 0 Å². The van der Waals surface area contributed by atoms with Crippen molar-refractivity contribution in [2.75, 3.05) is 26.2 Å². The number of para-hydroxylation sites is 1. The first kappa shape index (κ1) is 16.7. The zero-order valence-corrected chi connectivity index (χ0v) is 14.3. The molecule has 0 spiro atoms. The lowest BCUT2D eigenvalue weighted by atomic mass is 10.1. The molecule has 1 fully saturated rings. The number of carbonyl (C=O) groups excluding carboxylic acids is 1. The zero-order valence-electron chi connectivity index (χ0n) is 14.3. The van der Waals surface area contributed by atoms with Gasteiger partial charge in [0.15, 0.2) is 0 Å². The largest absolute Gasteiger partial charge is 0.352 e. The number of hydrogen-bond acceptors (Lipinski definition) is 3. The number of hydrogen-bond donors (Lipinski definition) is 2. The number of nitrogens with zero attached hydrogens (tertiary/aromatic N) is 1. The normalized spacial score (nSPS) is 18.4. The van der Waals surface area contributed by atoms with Gasteiger partial charge in [0.05, 0.1) is 0 Å². The highest BCUT2D eigenvalue weighted by molar-refractivity contribution is 5.97. The monoisotopic (exact) mass is 327 g/mol. The Hall–Kier alpha value is -2.14. The third-order valence-electron chi connectivity index (χ3n) is 4.54. The van der Waals surface area contributed by atoms with Crippen LogP contribution in [0.15, 0.2) is 35.1 Å². The van der Waals surface area contributed by atoms with Crippen LogP contribution < -0.4 is 10.9 Å². The minimum Gasteiger partial charge on any atom is -0.352 e. The molecule has 1 atom stereocenters. The molecular weight excluding hydrogens is 302 g/mol. The van der Waals surface area contributed by atoms with Gasteiger partial charge in [-0.05, 0) is 42.3 Å². The fourth-order valence-corrected chi connectivity index (χ4v) is 3.41. The molecule has 1 aromatic carbocycles. The van der Waals surface area contributed by atoms with Crippen molar-refractivity contribution in [3.63, 3.8) is 0 Å². The second kappa shape index (κ2) is 7.18. The van der Waals surface area contributed by atoms with Crippen LogP contribution in [0.2, 0.25) is 0 Å². The Labute approximate surface area is 142 Å².